The van der Waals surface area contributed by atoms with E-state index in [0.717, 1.165) is 0 Å². The Bertz CT molecular complexity index is 1160. The molecule has 31 heavy (non-hydrogen) atoms. The van der Waals surface area contributed by atoms with Crippen molar-refractivity contribution in [3.8, 4) is 0 Å². The largest absolute Gasteiger partial charge is 0.333 e. The van der Waals surface area contributed by atoms with E-state index in [-0.39, 0.29) is 36.8 Å². The summed E-state index contributed by atoms with van der Waals surface area (Å²) in [5.41, 5.74) is 0.731. The van der Waals surface area contributed by atoms with Crippen LogP contribution in [0.1, 0.15) is 25.6 Å². The second-order valence-corrected chi connectivity index (χ2v) is 7.86. The lowest BCUT2D eigenvalue weighted by molar-refractivity contribution is -0.134. The second-order valence-electron chi connectivity index (χ2n) is 7.02. The van der Waals surface area contributed by atoms with Crippen LogP contribution in [0.5, 0.6) is 0 Å². The van der Waals surface area contributed by atoms with Gasteiger partial charge in [0.05, 0.1) is 28.2 Å². The number of benzene rings is 2. The van der Waals surface area contributed by atoms with E-state index in [1.54, 1.807) is 42.5 Å². The van der Waals surface area contributed by atoms with Crippen molar-refractivity contribution in [1.29, 1.82) is 0 Å². The number of aromatic nitrogens is 2. The van der Waals surface area contributed by atoms with Gasteiger partial charge in [0, 0.05) is 24.4 Å². The highest BCUT2D eigenvalue weighted by Crippen LogP contribution is 2.25. The quantitative estimate of drug-likeness (QED) is 0.530. The van der Waals surface area contributed by atoms with Crippen LogP contribution in [-0.2, 0) is 16.0 Å². The number of fused-ring (bicyclic) bond motifs is 1. The number of nitrogens with one attached hydrogen (secondary N) is 2. The molecule has 0 saturated heterocycles. The molecule has 162 valence electrons. The second kappa shape index (κ2) is 10.4. The van der Waals surface area contributed by atoms with Crippen LogP contribution >= 0.6 is 23.2 Å². The zero-order chi connectivity index (χ0) is 22.4. The lowest BCUT2D eigenvalue weighted by atomic mass is 10.2. The summed E-state index contributed by atoms with van der Waals surface area (Å²) >= 11 is 12.0. The number of carbonyl (C=O) groups is 2. The minimum atomic E-state index is -0.372. The number of para-hydroxylation sites is 1. The molecule has 0 radical (unpaired) electrons. The number of aryl methyl sites for hydroxylation is 1. The third-order valence-corrected chi connectivity index (χ3v) is 5.19. The molecule has 0 fully saturated rings. The predicted octanol–water partition coefficient (Wildman–Crippen LogP) is 4.04. The number of H-pyrrole nitrogens is 1. The van der Waals surface area contributed by atoms with Gasteiger partial charge in [-0.25, -0.2) is 4.98 Å². The smallest absolute Gasteiger partial charge is 0.258 e. The Morgan fingerprint density at radius 3 is 2.71 bits per heavy atom. The minimum absolute atomic E-state index is 0.114. The van der Waals surface area contributed by atoms with Crippen LogP contribution in [0, 0.1) is 0 Å². The SMILES string of the molecule is CCCN(CC(=O)Nc1cc(Cl)ccc1Cl)C(=O)CCc1nc2ccccc2c(=O)[nH]1. The van der Waals surface area contributed by atoms with Crippen molar-refractivity contribution < 1.29 is 9.59 Å². The maximum atomic E-state index is 12.7. The number of carbonyl (C=O) groups excluding carboxylic acids is 2. The molecule has 9 heteroatoms. The Kier molecular flexibility index (Phi) is 7.65. The summed E-state index contributed by atoms with van der Waals surface area (Å²) in [6.45, 7) is 2.24. The molecule has 0 aliphatic rings. The lowest BCUT2D eigenvalue weighted by Crippen LogP contribution is -2.38. The molecule has 0 aliphatic heterocycles. The highest BCUT2D eigenvalue weighted by Gasteiger charge is 2.18. The summed E-state index contributed by atoms with van der Waals surface area (Å²) in [5, 5.41) is 3.99. The highest BCUT2D eigenvalue weighted by atomic mass is 35.5. The number of rotatable bonds is 8. The first kappa shape index (κ1) is 22.8. The zero-order valence-electron chi connectivity index (χ0n) is 17.0. The van der Waals surface area contributed by atoms with Crippen molar-refractivity contribution in [2.45, 2.75) is 26.2 Å². The van der Waals surface area contributed by atoms with Crippen LogP contribution in [0.2, 0.25) is 10.0 Å². The average Bonchev–Trinajstić information content (AvgIpc) is 2.74. The maximum absolute atomic E-state index is 12.7. The molecule has 1 heterocycles. The van der Waals surface area contributed by atoms with Crippen molar-refractivity contribution in [1.82, 2.24) is 14.9 Å². The molecule has 3 rings (SSSR count). The topological polar surface area (TPSA) is 95.2 Å². The molecule has 2 N–H and O–H groups in total. The van der Waals surface area contributed by atoms with Gasteiger partial charge in [-0.15, -0.1) is 0 Å². The maximum Gasteiger partial charge on any atom is 0.258 e. The summed E-state index contributed by atoms with van der Waals surface area (Å²) in [6, 6.07) is 11.8. The predicted molar refractivity (Wildman–Crippen MR) is 123 cm³/mol. The Hall–Kier alpha value is -2.90. The average molecular weight is 461 g/mol. The summed E-state index contributed by atoms with van der Waals surface area (Å²) < 4.78 is 0. The van der Waals surface area contributed by atoms with E-state index < -0.39 is 0 Å². The van der Waals surface area contributed by atoms with E-state index in [9.17, 15) is 14.4 Å². The number of halogens is 2. The van der Waals surface area contributed by atoms with Gasteiger partial charge < -0.3 is 15.2 Å². The summed E-state index contributed by atoms with van der Waals surface area (Å²) in [5.74, 6) is -0.142. The van der Waals surface area contributed by atoms with Gasteiger partial charge in [0.1, 0.15) is 5.82 Å². The van der Waals surface area contributed by atoms with Crippen LogP contribution < -0.4 is 10.9 Å². The first-order chi connectivity index (χ1) is 14.9. The fraction of sp³-hybridized carbons (Fsp3) is 0.273. The van der Waals surface area contributed by atoms with Crippen molar-refractivity contribution in [3.63, 3.8) is 0 Å². The van der Waals surface area contributed by atoms with Crippen molar-refractivity contribution in [2.24, 2.45) is 0 Å². The molecule has 0 unspecified atom stereocenters. The van der Waals surface area contributed by atoms with Crippen molar-refractivity contribution >= 4 is 51.6 Å². The summed E-state index contributed by atoms with van der Waals surface area (Å²) in [6.07, 6.45) is 1.08. The van der Waals surface area contributed by atoms with E-state index in [0.29, 0.717) is 45.4 Å². The summed E-state index contributed by atoms with van der Waals surface area (Å²) in [4.78, 5) is 46.0. The molecular weight excluding hydrogens is 439 g/mol. The van der Waals surface area contributed by atoms with Gasteiger partial charge in [-0.05, 0) is 36.8 Å². The van der Waals surface area contributed by atoms with Crippen LogP contribution in [0.3, 0.4) is 0 Å². The number of nitrogens with zero attached hydrogens (tertiary/aromatic N) is 2. The van der Waals surface area contributed by atoms with Gasteiger partial charge in [-0.1, -0.05) is 42.3 Å². The molecule has 3 aromatic rings. The van der Waals surface area contributed by atoms with Gasteiger partial charge in [-0.3, -0.25) is 14.4 Å². The van der Waals surface area contributed by atoms with Gasteiger partial charge in [0.15, 0.2) is 0 Å². The first-order valence-electron chi connectivity index (χ1n) is 9.88. The van der Waals surface area contributed by atoms with Gasteiger partial charge in [0.2, 0.25) is 11.8 Å². The lowest BCUT2D eigenvalue weighted by Gasteiger charge is -2.22. The Balaban J connectivity index is 1.64. The van der Waals surface area contributed by atoms with Crippen LogP contribution in [0.15, 0.2) is 47.3 Å². The molecule has 2 amide bonds. The highest BCUT2D eigenvalue weighted by molar-refractivity contribution is 6.35. The van der Waals surface area contributed by atoms with Gasteiger partial charge in [0.25, 0.3) is 5.56 Å². The van der Waals surface area contributed by atoms with E-state index in [1.165, 1.54) is 4.90 Å². The number of hydrogen-bond acceptors (Lipinski definition) is 4. The van der Waals surface area contributed by atoms with Crippen molar-refractivity contribution in [3.05, 3.63) is 68.7 Å². The van der Waals surface area contributed by atoms with Gasteiger partial charge >= 0.3 is 0 Å². The number of hydrogen-bond donors (Lipinski definition) is 2. The molecule has 7 nitrogen and oxygen atoms in total. The molecular formula is C22H22Cl2N4O3. The van der Waals surface area contributed by atoms with E-state index in [4.69, 9.17) is 23.2 Å². The third-order valence-electron chi connectivity index (χ3n) is 4.62. The van der Waals surface area contributed by atoms with E-state index in [2.05, 4.69) is 15.3 Å². The molecule has 0 atom stereocenters. The Morgan fingerprint density at radius 1 is 1.16 bits per heavy atom. The standard InChI is InChI=1S/C22H22Cl2N4O3/c1-2-11-28(13-20(29)26-18-12-14(23)7-8-16(18)24)21(30)10-9-19-25-17-6-4-3-5-15(17)22(31)27-19/h3-8,12H,2,9-11,13H2,1H3,(H,26,29)(H,25,27,31). The van der Waals surface area contributed by atoms with E-state index in [1.807, 2.05) is 6.92 Å². The number of amides is 2. The Morgan fingerprint density at radius 2 is 1.94 bits per heavy atom. The minimum Gasteiger partial charge on any atom is -0.333 e. The first-order valence-corrected chi connectivity index (χ1v) is 10.6. The fourth-order valence-corrected chi connectivity index (χ4v) is 3.49. The van der Waals surface area contributed by atoms with Crippen molar-refractivity contribution in [2.75, 3.05) is 18.4 Å². The van der Waals surface area contributed by atoms with Crippen LogP contribution in [0.25, 0.3) is 10.9 Å². The van der Waals surface area contributed by atoms with E-state index >= 15 is 0 Å². The normalized spacial score (nSPS) is 10.8. The Labute approximate surface area is 189 Å². The molecule has 0 aliphatic carbocycles. The van der Waals surface area contributed by atoms with Crippen LogP contribution in [0.4, 0.5) is 5.69 Å². The number of aromatic amines is 1. The molecule has 0 saturated carbocycles. The molecule has 1 aromatic heterocycles. The monoisotopic (exact) mass is 460 g/mol. The van der Waals surface area contributed by atoms with Gasteiger partial charge in [-0.2, -0.15) is 0 Å². The molecule has 2 aromatic carbocycles. The number of anilines is 1. The summed E-state index contributed by atoms with van der Waals surface area (Å²) in [7, 11) is 0. The molecule has 0 bridgehead atoms. The molecule has 0 spiro atoms. The fourth-order valence-electron chi connectivity index (χ4n) is 3.15. The van der Waals surface area contributed by atoms with Crippen LogP contribution in [-0.4, -0.2) is 39.8 Å². The zero-order valence-corrected chi connectivity index (χ0v) is 18.5. The third kappa shape index (κ3) is 6.06.